The van der Waals surface area contributed by atoms with Crippen LogP contribution in [0.5, 0.6) is 0 Å². The predicted octanol–water partition coefficient (Wildman–Crippen LogP) is 7.19. The van der Waals surface area contributed by atoms with Gasteiger partial charge in [-0.1, -0.05) is 46.3 Å². The lowest BCUT2D eigenvalue weighted by Crippen LogP contribution is -2.57. The van der Waals surface area contributed by atoms with E-state index in [-0.39, 0.29) is 25.5 Å². The standard InChI is InChI=1S/C30H32BrF2N3O3/c1-19-7-5-6-8-20(19)9-11-22-16-25(24-15-21(31)10-12-26(24)34-22)28(37)35-13-14-36(23(18-35)17-27(32)33)29(38)39-30(2,3)4/h5-12,15-16,23,27H,13-14,17-18H2,1-4H3/b11-9-. The predicted molar refractivity (Wildman–Crippen MR) is 153 cm³/mol. The third-order valence-electron chi connectivity index (χ3n) is 6.49. The molecule has 0 bridgehead atoms. The van der Waals surface area contributed by atoms with E-state index in [0.29, 0.717) is 22.2 Å². The second-order valence-electron chi connectivity index (χ2n) is 10.7. The summed E-state index contributed by atoms with van der Waals surface area (Å²) in [6.45, 7) is 7.48. The molecule has 1 unspecified atom stereocenters. The molecule has 2 heterocycles. The van der Waals surface area contributed by atoms with E-state index in [2.05, 4.69) is 15.9 Å². The normalized spacial score (nSPS) is 16.4. The number of alkyl halides is 2. The summed E-state index contributed by atoms with van der Waals surface area (Å²) >= 11 is 3.48. The lowest BCUT2D eigenvalue weighted by atomic mass is 10.0. The smallest absolute Gasteiger partial charge is 0.410 e. The number of piperazine rings is 1. The third kappa shape index (κ3) is 7.20. The fraction of sp³-hybridized carbons (Fsp3) is 0.367. The van der Waals surface area contributed by atoms with Crippen LogP contribution in [0.2, 0.25) is 0 Å². The van der Waals surface area contributed by atoms with E-state index in [9.17, 15) is 18.4 Å². The molecule has 1 aromatic heterocycles. The zero-order valence-corrected chi connectivity index (χ0v) is 24.0. The summed E-state index contributed by atoms with van der Waals surface area (Å²) in [6.07, 6.45) is -0.0148. The van der Waals surface area contributed by atoms with E-state index in [1.54, 1.807) is 31.7 Å². The molecule has 4 rings (SSSR count). The average molecular weight is 601 g/mol. The van der Waals surface area contributed by atoms with Gasteiger partial charge < -0.3 is 14.5 Å². The van der Waals surface area contributed by atoms with Crippen LogP contribution in [0, 0.1) is 6.92 Å². The lowest BCUT2D eigenvalue weighted by Gasteiger charge is -2.41. The van der Waals surface area contributed by atoms with Crippen molar-refractivity contribution < 1.29 is 23.1 Å². The summed E-state index contributed by atoms with van der Waals surface area (Å²) in [5.41, 5.74) is 3.06. The van der Waals surface area contributed by atoms with Crippen molar-refractivity contribution >= 4 is 51.0 Å². The molecule has 2 amide bonds. The number of nitrogens with zero attached hydrogens (tertiary/aromatic N) is 3. The van der Waals surface area contributed by atoms with Crippen LogP contribution in [0.25, 0.3) is 23.1 Å². The molecule has 3 aromatic rings. The highest BCUT2D eigenvalue weighted by Crippen LogP contribution is 2.27. The maximum atomic E-state index is 13.9. The Kier molecular flexibility index (Phi) is 8.69. The fourth-order valence-corrected chi connectivity index (χ4v) is 4.97. The highest BCUT2D eigenvalue weighted by Gasteiger charge is 2.37. The first kappa shape index (κ1) is 28.7. The number of ether oxygens (including phenoxy) is 1. The number of hydrogen-bond donors (Lipinski definition) is 0. The largest absolute Gasteiger partial charge is 0.444 e. The van der Waals surface area contributed by atoms with Gasteiger partial charge in [0.1, 0.15) is 5.60 Å². The molecular weight excluding hydrogens is 568 g/mol. The molecule has 9 heteroatoms. The Labute approximate surface area is 235 Å². The number of benzene rings is 2. The molecule has 206 valence electrons. The van der Waals surface area contributed by atoms with Crippen molar-refractivity contribution in [1.82, 2.24) is 14.8 Å². The third-order valence-corrected chi connectivity index (χ3v) is 6.98. The average Bonchev–Trinajstić information content (AvgIpc) is 2.86. The molecule has 2 aromatic carbocycles. The Balaban J connectivity index is 1.66. The molecule has 1 fully saturated rings. The van der Waals surface area contributed by atoms with Gasteiger partial charge >= 0.3 is 6.09 Å². The summed E-state index contributed by atoms with van der Waals surface area (Å²) in [5, 5.41) is 0.655. The monoisotopic (exact) mass is 599 g/mol. The van der Waals surface area contributed by atoms with Crippen LogP contribution in [0.4, 0.5) is 13.6 Å². The van der Waals surface area contributed by atoms with Crippen LogP contribution in [0.15, 0.2) is 53.0 Å². The summed E-state index contributed by atoms with van der Waals surface area (Å²) < 4.78 is 33.2. The van der Waals surface area contributed by atoms with Crippen LogP contribution >= 0.6 is 15.9 Å². The van der Waals surface area contributed by atoms with Gasteiger partial charge in [0.15, 0.2) is 0 Å². The number of hydrogen-bond acceptors (Lipinski definition) is 4. The first-order valence-electron chi connectivity index (χ1n) is 12.8. The van der Waals surface area contributed by atoms with Crippen molar-refractivity contribution in [3.05, 3.63) is 75.4 Å². The molecule has 0 spiro atoms. The number of carbonyl (C=O) groups excluding carboxylic acids is 2. The number of halogens is 3. The highest BCUT2D eigenvalue weighted by atomic mass is 79.9. The molecular formula is C30H32BrF2N3O3. The minimum absolute atomic E-state index is 0.0192. The second-order valence-corrected chi connectivity index (χ2v) is 11.6. The molecule has 0 saturated carbocycles. The minimum Gasteiger partial charge on any atom is -0.444 e. The van der Waals surface area contributed by atoms with Crippen molar-refractivity contribution in [1.29, 1.82) is 0 Å². The van der Waals surface area contributed by atoms with Crippen molar-refractivity contribution in [2.45, 2.75) is 52.2 Å². The van der Waals surface area contributed by atoms with Gasteiger partial charge in [-0.15, -0.1) is 0 Å². The van der Waals surface area contributed by atoms with E-state index < -0.39 is 30.6 Å². The number of aromatic nitrogens is 1. The Hall–Kier alpha value is -3.33. The Morgan fingerprint density at radius 3 is 2.56 bits per heavy atom. The maximum Gasteiger partial charge on any atom is 0.410 e. The van der Waals surface area contributed by atoms with Crippen molar-refractivity contribution in [2.75, 3.05) is 19.6 Å². The van der Waals surface area contributed by atoms with Gasteiger partial charge in [-0.3, -0.25) is 4.79 Å². The molecule has 0 radical (unpaired) electrons. The minimum atomic E-state index is -2.63. The number of amides is 2. The molecule has 1 aliphatic heterocycles. The van der Waals surface area contributed by atoms with Gasteiger partial charge in [-0.05, 0) is 69.2 Å². The first-order valence-corrected chi connectivity index (χ1v) is 13.6. The Morgan fingerprint density at radius 2 is 1.87 bits per heavy atom. The van der Waals surface area contributed by atoms with Gasteiger partial charge in [0.05, 0.1) is 22.8 Å². The first-order chi connectivity index (χ1) is 18.4. The fourth-order valence-electron chi connectivity index (χ4n) is 4.61. The molecule has 0 N–H and O–H groups in total. The van der Waals surface area contributed by atoms with Gasteiger partial charge in [0.2, 0.25) is 6.43 Å². The Bertz CT molecular complexity index is 1400. The van der Waals surface area contributed by atoms with Crippen molar-refractivity contribution in [3.63, 3.8) is 0 Å². The quantitative estimate of drug-likeness (QED) is 0.311. The van der Waals surface area contributed by atoms with Crippen molar-refractivity contribution in [2.24, 2.45) is 0 Å². The second kappa shape index (κ2) is 11.8. The SMILES string of the molecule is Cc1ccccc1/C=C\c1cc(C(=O)N2CCN(C(=O)OC(C)(C)C)C(CC(F)F)C2)c2cc(Br)ccc2n1. The summed E-state index contributed by atoms with van der Waals surface area (Å²) in [7, 11) is 0. The van der Waals surface area contributed by atoms with Gasteiger partial charge in [0, 0.05) is 35.9 Å². The number of carbonyl (C=O) groups is 2. The number of fused-ring (bicyclic) bond motifs is 1. The van der Waals surface area contributed by atoms with E-state index >= 15 is 0 Å². The van der Waals surface area contributed by atoms with Gasteiger partial charge in [0.25, 0.3) is 5.91 Å². The number of pyridine rings is 1. The van der Waals surface area contributed by atoms with E-state index in [1.807, 2.05) is 61.5 Å². The van der Waals surface area contributed by atoms with Gasteiger partial charge in [-0.25, -0.2) is 18.6 Å². The summed E-state index contributed by atoms with van der Waals surface area (Å²) in [5.74, 6) is -0.297. The van der Waals surface area contributed by atoms with E-state index in [0.717, 1.165) is 15.6 Å². The van der Waals surface area contributed by atoms with Crippen LogP contribution in [0.3, 0.4) is 0 Å². The molecule has 6 nitrogen and oxygen atoms in total. The van der Waals surface area contributed by atoms with Crippen LogP contribution in [-0.2, 0) is 4.74 Å². The molecule has 0 aliphatic carbocycles. The maximum absolute atomic E-state index is 13.9. The van der Waals surface area contributed by atoms with Gasteiger partial charge in [-0.2, -0.15) is 0 Å². The van der Waals surface area contributed by atoms with Crippen LogP contribution in [-0.4, -0.2) is 64.5 Å². The topological polar surface area (TPSA) is 62.7 Å². The molecule has 1 saturated heterocycles. The van der Waals surface area contributed by atoms with E-state index in [1.165, 1.54) is 4.90 Å². The molecule has 1 aliphatic rings. The zero-order valence-electron chi connectivity index (χ0n) is 22.5. The summed E-state index contributed by atoms with van der Waals surface area (Å²) in [4.78, 5) is 34.2. The van der Waals surface area contributed by atoms with Crippen molar-refractivity contribution in [3.8, 4) is 0 Å². The molecule has 1 atom stereocenters. The number of aryl methyl sites for hydroxylation is 1. The Morgan fingerprint density at radius 1 is 1.13 bits per heavy atom. The van der Waals surface area contributed by atoms with Crippen LogP contribution in [0.1, 0.15) is 54.4 Å². The highest BCUT2D eigenvalue weighted by molar-refractivity contribution is 9.10. The summed E-state index contributed by atoms with van der Waals surface area (Å²) in [6, 6.07) is 14.3. The van der Waals surface area contributed by atoms with Crippen LogP contribution < -0.4 is 0 Å². The lowest BCUT2D eigenvalue weighted by molar-refractivity contribution is -0.0118. The number of rotatable bonds is 5. The zero-order chi connectivity index (χ0) is 28.3. The molecule has 39 heavy (non-hydrogen) atoms. The van der Waals surface area contributed by atoms with E-state index in [4.69, 9.17) is 9.72 Å².